The average Bonchev–Trinajstić information content (AvgIpc) is 2.52. The zero-order valence-electron chi connectivity index (χ0n) is 15.6. The standard InChI is InChI=1S/C17H34N4O.2ClH/c1-17(2,3)5-9-20-14-12-19(13-15-20)8-4-16(22)21-10-6-18-7-11-21;;/h18H,4-15H2,1-3H3;2*1H. The van der Waals surface area contributed by atoms with Crippen molar-refractivity contribution in [3.63, 3.8) is 0 Å². The van der Waals surface area contributed by atoms with E-state index < -0.39 is 0 Å². The van der Waals surface area contributed by atoms with Crippen molar-refractivity contribution in [1.29, 1.82) is 0 Å². The van der Waals surface area contributed by atoms with Crippen molar-refractivity contribution < 1.29 is 4.79 Å². The molecule has 0 radical (unpaired) electrons. The van der Waals surface area contributed by atoms with Crippen LogP contribution in [0.1, 0.15) is 33.6 Å². The van der Waals surface area contributed by atoms with Gasteiger partial charge < -0.3 is 20.0 Å². The van der Waals surface area contributed by atoms with Gasteiger partial charge in [-0.15, -0.1) is 24.8 Å². The topological polar surface area (TPSA) is 38.8 Å². The molecule has 0 unspecified atom stereocenters. The van der Waals surface area contributed by atoms with E-state index in [0.29, 0.717) is 17.7 Å². The molecule has 5 nitrogen and oxygen atoms in total. The van der Waals surface area contributed by atoms with E-state index in [1.165, 1.54) is 13.0 Å². The molecule has 0 aliphatic carbocycles. The zero-order chi connectivity index (χ0) is 16.0. The molecule has 0 aromatic carbocycles. The van der Waals surface area contributed by atoms with Gasteiger partial charge in [-0.2, -0.15) is 0 Å². The van der Waals surface area contributed by atoms with Crippen molar-refractivity contribution in [2.24, 2.45) is 5.41 Å². The Balaban J connectivity index is 0.00000264. The van der Waals surface area contributed by atoms with E-state index in [1.807, 2.05) is 4.90 Å². The molecule has 1 amide bonds. The van der Waals surface area contributed by atoms with Crippen LogP contribution in [0.25, 0.3) is 0 Å². The zero-order valence-corrected chi connectivity index (χ0v) is 17.2. The minimum Gasteiger partial charge on any atom is -0.340 e. The highest BCUT2D eigenvalue weighted by molar-refractivity contribution is 5.85. The Morgan fingerprint density at radius 2 is 1.38 bits per heavy atom. The number of halogens is 2. The van der Waals surface area contributed by atoms with Crippen LogP contribution in [-0.4, -0.2) is 86.1 Å². The highest BCUT2D eigenvalue weighted by Crippen LogP contribution is 2.19. The molecule has 0 aromatic heterocycles. The first kappa shape index (κ1) is 23.9. The van der Waals surface area contributed by atoms with Crippen LogP contribution in [0, 0.1) is 5.41 Å². The summed E-state index contributed by atoms with van der Waals surface area (Å²) in [5, 5.41) is 3.29. The molecule has 2 rings (SSSR count). The lowest BCUT2D eigenvalue weighted by Gasteiger charge is -2.36. The fourth-order valence-electron chi connectivity index (χ4n) is 3.06. The van der Waals surface area contributed by atoms with E-state index in [2.05, 4.69) is 35.9 Å². The molecule has 144 valence electrons. The summed E-state index contributed by atoms with van der Waals surface area (Å²) in [6.45, 7) is 17.2. The monoisotopic (exact) mass is 382 g/mol. The second-order valence-electron chi connectivity index (χ2n) is 7.87. The summed E-state index contributed by atoms with van der Waals surface area (Å²) >= 11 is 0. The number of carbonyl (C=O) groups excluding carboxylic acids is 1. The Morgan fingerprint density at radius 1 is 0.875 bits per heavy atom. The molecule has 2 aliphatic rings. The van der Waals surface area contributed by atoms with Crippen molar-refractivity contribution in [3.8, 4) is 0 Å². The lowest BCUT2D eigenvalue weighted by atomic mass is 9.92. The Kier molecular flexibility index (Phi) is 11.5. The maximum absolute atomic E-state index is 12.2. The molecule has 24 heavy (non-hydrogen) atoms. The average molecular weight is 383 g/mol. The summed E-state index contributed by atoms with van der Waals surface area (Å²) < 4.78 is 0. The first-order valence-electron chi connectivity index (χ1n) is 8.87. The molecule has 0 bridgehead atoms. The number of carbonyl (C=O) groups is 1. The van der Waals surface area contributed by atoms with Crippen LogP contribution in [-0.2, 0) is 4.79 Å². The predicted octanol–water partition coefficient (Wildman–Crippen LogP) is 1.71. The van der Waals surface area contributed by atoms with Gasteiger partial charge in [0.2, 0.25) is 5.91 Å². The maximum Gasteiger partial charge on any atom is 0.223 e. The minimum atomic E-state index is 0. The molecule has 2 fully saturated rings. The molecule has 1 N–H and O–H groups in total. The van der Waals surface area contributed by atoms with Crippen molar-refractivity contribution in [2.45, 2.75) is 33.6 Å². The fraction of sp³-hybridized carbons (Fsp3) is 0.941. The molecule has 2 saturated heterocycles. The molecule has 7 heteroatoms. The lowest BCUT2D eigenvalue weighted by Crippen LogP contribution is -2.49. The number of piperazine rings is 2. The van der Waals surface area contributed by atoms with Gasteiger partial charge in [-0.05, 0) is 18.4 Å². The van der Waals surface area contributed by atoms with Crippen molar-refractivity contribution in [3.05, 3.63) is 0 Å². The predicted molar refractivity (Wildman–Crippen MR) is 106 cm³/mol. The first-order valence-corrected chi connectivity index (χ1v) is 8.87. The Morgan fingerprint density at radius 3 is 1.88 bits per heavy atom. The summed E-state index contributed by atoms with van der Waals surface area (Å²) in [6, 6.07) is 0. The summed E-state index contributed by atoms with van der Waals surface area (Å²) in [4.78, 5) is 19.2. The molecule has 0 atom stereocenters. The van der Waals surface area contributed by atoms with Crippen LogP contribution in [0.4, 0.5) is 0 Å². The van der Waals surface area contributed by atoms with E-state index in [0.717, 1.165) is 58.9 Å². The van der Waals surface area contributed by atoms with Crippen LogP contribution in [0.2, 0.25) is 0 Å². The molecule has 0 saturated carbocycles. The Hall–Kier alpha value is -0.0700. The van der Waals surface area contributed by atoms with Gasteiger partial charge in [0.05, 0.1) is 0 Å². The molecule has 2 aliphatic heterocycles. The largest absolute Gasteiger partial charge is 0.340 e. The van der Waals surface area contributed by atoms with Crippen LogP contribution < -0.4 is 5.32 Å². The normalized spacial score (nSPS) is 20.2. The van der Waals surface area contributed by atoms with Gasteiger partial charge in [0, 0.05) is 65.3 Å². The van der Waals surface area contributed by atoms with E-state index in [4.69, 9.17) is 0 Å². The van der Waals surface area contributed by atoms with Gasteiger partial charge in [0.25, 0.3) is 0 Å². The van der Waals surface area contributed by atoms with Gasteiger partial charge >= 0.3 is 0 Å². The third-order valence-electron chi connectivity index (χ3n) is 4.75. The van der Waals surface area contributed by atoms with Gasteiger partial charge in [-0.3, -0.25) is 4.79 Å². The van der Waals surface area contributed by atoms with E-state index in [1.54, 1.807) is 0 Å². The van der Waals surface area contributed by atoms with E-state index in [9.17, 15) is 4.79 Å². The fourth-order valence-corrected chi connectivity index (χ4v) is 3.06. The number of amides is 1. The van der Waals surface area contributed by atoms with Crippen molar-refractivity contribution >= 4 is 30.7 Å². The van der Waals surface area contributed by atoms with Gasteiger partial charge in [-0.1, -0.05) is 20.8 Å². The minimum absolute atomic E-state index is 0. The second kappa shape index (κ2) is 11.5. The number of hydrogen-bond acceptors (Lipinski definition) is 4. The molecule has 2 heterocycles. The molecule has 0 spiro atoms. The smallest absolute Gasteiger partial charge is 0.223 e. The highest BCUT2D eigenvalue weighted by atomic mass is 35.5. The molecular weight excluding hydrogens is 347 g/mol. The molecule has 0 aromatic rings. The van der Waals surface area contributed by atoms with Crippen LogP contribution in [0.5, 0.6) is 0 Å². The lowest BCUT2D eigenvalue weighted by molar-refractivity contribution is -0.132. The van der Waals surface area contributed by atoms with Gasteiger partial charge in [-0.25, -0.2) is 0 Å². The van der Waals surface area contributed by atoms with Crippen LogP contribution in [0.15, 0.2) is 0 Å². The van der Waals surface area contributed by atoms with E-state index >= 15 is 0 Å². The third-order valence-corrected chi connectivity index (χ3v) is 4.75. The van der Waals surface area contributed by atoms with Crippen molar-refractivity contribution in [2.75, 3.05) is 65.4 Å². The summed E-state index contributed by atoms with van der Waals surface area (Å²) in [5.74, 6) is 0.330. The number of rotatable bonds is 5. The maximum atomic E-state index is 12.2. The Labute approximate surface area is 160 Å². The first-order chi connectivity index (χ1) is 10.4. The van der Waals surface area contributed by atoms with Gasteiger partial charge in [0.15, 0.2) is 0 Å². The van der Waals surface area contributed by atoms with Crippen LogP contribution in [0.3, 0.4) is 0 Å². The van der Waals surface area contributed by atoms with E-state index in [-0.39, 0.29) is 24.8 Å². The third kappa shape index (κ3) is 8.86. The quantitative estimate of drug-likeness (QED) is 0.785. The van der Waals surface area contributed by atoms with Crippen LogP contribution >= 0.6 is 24.8 Å². The second-order valence-corrected chi connectivity index (χ2v) is 7.87. The highest BCUT2D eigenvalue weighted by Gasteiger charge is 2.21. The number of nitrogens with one attached hydrogen (secondary N) is 1. The summed E-state index contributed by atoms with van der Waals surface area (Å²) in [5.41, 5.74) is 0.423. The summed E-state index contributed by atoms with van der Waals surface area (Å²) in [6.07, 6.45) is 1.94. The Bertz CT molecular complexity index is 349. The number of hydrogen-bond donors (Lipinski definition) is 1. The number of nitrogens with zero attached hydrogens (tertiary/aromatic N) is 3. The van der Waals surface area contributed by atoms with Crippen molar-refractivity contribution in [1.82, 2.24) is 20.0 Å². The molecular formula is C17H36Cl2N4O. The van der Waals surface area contributed by atoms with Gasteiger partial charge in [0.1, 0.15) is 0 Å². The summed E-state index contributed by atoms with van der Waals surface area (Å²) in [7, 11) is 0. The SMILES string of the molecule is CC(C)(C)CCN1CCN(CCC(=O)N2CCNCC2)CC1.Cl.Cl.